The fraction of sp³-hybridized carbons (Fsp3) is 0.889. The molecule has 0 spiro atoms. The summed E-state index contributed by atoms with van der Waals surface area (Å²) in [5.41, 5.74) is 0. The van der Waals surface area contributed by atoms with E-state index in [-0.39, 0.29) is 25.7 Å². The van der Waals surface area contributed by atoms with Crippen LogP contribution in [-0.2, 0) is 14.8 Å². The third kappa shape index (κ3) is 4.13. The maximum atomic E-state index is 12.4. The fourth-order valence-electron chi connectivity index (χ4n) is 1.98. The van der Waals surface area contributed by atoms with Gasteiger partial charge in [0.25, 0.3) is 0 Å². The molecule has 1 fully saturated rings. The largest absolute Gasteiger partial charge is 0.480 e. The van der Waals surface area contributed by atoms with Crippen LogP contribution in [0.2, 0.25) is 0 Å². The second-order valence-corrected chi connectivity index (χ2v) is 6.32. The van der Waals surface area contributed by atoms with Gasteiger partial charge in [-0.25, -0.2) is 13.1 Å². The second kappa shape index (κ2) is 5.43. The standard InChI is InChI=1S/C9H14F3NO4S/c10-9(11,12)6-1-3-7(4-2-6)18(16,17)13-5-8(14)15/h6-7,13H,1-5H2,(H,14,15). The molecule has 0 atom stereocenters. The van der Waals surface area contributed by atoms with Crippen molar-refractivity contribution >= 4 is 16.0 Å². The molecule has 1 rings (SSSR count). The fourth-order valence-corrected chi connectivity index (χ4v) is 3.43. The highest BCUT2D eigenvalue weighted by Gasteiger charge is 2.43. The molecular formula is C9H14F3NO4S. The van der Waals surface area contributed by atoms with Gasteiger partial charge in [-0.1, -0.05) is 0 Å². The van der Waals surface area contributed by atoms with Crippen LogP contribution in [0.25, 0.3) is 0 Å². The van der Waals surface area contributed by atoms with E-state index in [1.54, 1.807) is 0 Å². The first-order valence-corrected chi connectivity index (χ1v) is 6.94. The Balaban J connectivity index is 2.54. The van der Waals surface area contributed by atoms with Gasteiger partial charge in [-0.15, -0.1) is 0 Å². The number of sulfonamides is 1. The third-order valence-electron chi connectivity index (χ3n) is 3.00. The molecule has 106 valence electrons. The maximum Gasteiger partial charge on any atom is 0.391 e. The molecule has 0 aromatic heterocycles. The van der Waals surface area contributed by atoms with Crippen LogP contribution >= 0.6 is 0 Å². The summed E-state index contributed by atoms with van der Waals surface area (Å²) in [7, 11) is -3.85. The Labute approximate surface area is 102 Å². The van der Waals surface area contributed by atoms with Crippen molar-refractivity contribution in [2.24, 2.45) is 5.92 Å². The Kier molecular flexibility index (Phi) is 4.60. The Bertz CT molecular complexity index is 399. The van der Waals surface area contributed by atoms with Crippen LogP contribution < -0.4 is 4.72 Å². The van der Waals surface area contributed by atoms with Gasteiger partial charge in [-0.3, -0.25) is 4.79 Å². The molecule has 0 aromatic rings. The van der Waals surface area contributed by atoms with Gasteiger partial charge in [-0.2, -0.15) is 13.2 Å². The van der Waals surface area contributed by atoms with Gasteiger partial charge in [0.2, 0.25) is 10.0 Å². The number of hydrogen-bond acceptors (Lipinski definition) is 3. The lowest BCUT2D eigenvalue weighted by atomic mass is 9.88. The number of aliphatic carboxylic acids is 1. The summed E-state index contributed by atoms with van der Waals surface area (Å²) in [6, 6.07) is 0. The molecule has 1 aliphatic rings. The number of carboxylic acid groups (broad SMARTS) is 1. The topological polar surface area (TPSA) is 83.5 Å². The molecule has 18 heavy (non-hydrogen) atoms. The number of alkyl halides is 3. The van der Waals surface area contributed by atoms with Crippen LogP contribution in [0.5, 0.6) is 0 Å². The van der Waals surface area contributed by atoms with Crippen LogP contribution in [0.4, 0.5) is 13.2 Å². The molecule has 0 aromatic carbocycles. The Morgan fingerprint density at radius 2 is 1.72 bits per heavy atom. The highest BCUT2D eigenvalue weighted by atomic mass is 32.2. The second-order valence-electron chi connectivity index (χ2n) is 4.28. The summed E-state index contributed by atoms with van der Waals surface area (Å²) in [5.74, 6) is -2.79. The SMILES string of the molecule is O=C(O)CNS(=O)(=O)C1CCC(C(F)(F)F)CC1. The van der Waals surface area contributed by atoms with Crippen LogP contribution in [0.1, 0.15) is 25.7 Å². The molecule has 0 heterocycles. The zero-order chi connectivity index (χ0) is 14.0. The zero-order valence-corrected chi connectivity index (χ0v) is 10.2. The predicted molar refractivity (Wildman–Crippen MR) is 56.4 cm³/mol. The van der Waals surface area contributed by atoms with Crippen molar-refractivity contribution in [2.45, 2.75) is 37.1 Å². The predicted octanol–water partition coefficient (Wildman–Crippen LogP) is 1.11. The van der Waals surface area contributed by atoms with Gasteiger partial charge in [0.05, 0.1) is 11.2 Å². The van der Waals surface area contributed by atoms with E-state index >= 15 is 0 Å². The van der Waals surface area contributed by atoms with E-state index in [1.807, 2.05) is 4.72 Å². The molecular weight excluding hydrogens is 275 g/mol. The van der Waals surface area contributed by atoms with Gasteiger partial charge < -0.3 is 5.11 Å². The first-order chi connectivity index (χ1) is 8.13. The average Bonchev–Trinajstić information content (AvgIpc) is 2.26. The number of rotatable bonds is 4. The van der Waals surface area contributed by atoms with Gasteiger partial charge >= 0.3 is 12.1 Å². The summed E-state index contributed by atoms with van der Waals surface area (Å²) >= 11 is 0. The summed E-state index contributed by atoms with van der Waals surface area (Å²) in [6.45, 7) is -0.748. The quantitative estimate of drug-likeness (QED) is 0.812. The molecule has 0 aliphatic heterocycles. The van der Waals surface area contributed by atoms with Crippen molar-refractivity contribution in [3.8, 4) is 0 Å². The van der Waals surface area contributed by atoms with E-state index in [4.69, 9.17) is 5.11 Å². The van der Waals surface area contributed by atoms with Gasteiger partial charge in [0.1, 0.15) is 6.54 Å². The summed E-state index contributed by atoms with van der Waals surface area (Å²) in [4.78, 5) is 10.2. The number of carboxylic acids is 1. The first-order valence-electron chi connectivity index (χ1n) is 5.40. The number of carbonyl (C=O) groups is 1. The Morgan fingerprint density at radius 1 is 1.22 bits per heavy atom. The summed E-state index contributed by atoms with van der Waals surface area (Å²) < 4.78 is 62.2. The van der Waals surface area contributed by atoms with Crippen molar-refractivity contribution in [2.75, 3.05) is 6.54 Å². The number of nitrogens with one attached hydrogen (secondary N) is 1. The van der Waals surface area contributed by atoms with E-state index in [0.29, 0.717) is 0 Å². The van der Waals surface area contributed by atoms with Crippen molar-refractivity contribution < 1.29 is 31.5 Å². The van der Waals surface area contributed by atoms with E-state index in [2.05, 4.69) is 0 Å². The van der Waals surface area contributed by atoms with Crippen molar-refractivity contribution in [1.82, 2.24) is 4.72 Å². The molecule has 5 nitrogen and oxygen atoms in total. The first kappa shape index (κ1) is 15.2. The summed E-state index contributed by atoms with van der Waals surface area (Å²) in [5, 5.41) is 7.41. The van der Waals surface area contributed by atoms with Crippen LogP contribution in [0.15, 0.2) is 0 Å². The lowest BCUT2D eigenvalue weighted by Gasteiger charge is -2.29. The third-order valence-corrected chi connectivity index (χ3v) is 4.90. The molecule has 0 bridgehead atoms. The molecule has 0 saturated heterocycles. The van der Waals surface area contributed by atoms with E-state index in [9.17, 15) is 26.4 Å². The van der Waals surface area contributed by atoms with Crippen LogP contribution in [0.3, 0.4) is 0 Å². The lowest BCUT2D eigenvalue weighted by molar-refractivity contribution is -0.181. The molecule has 0 unspecified atom stereocenters. The zero-order valence-electron chi connectivity index (χ0n) is 9.40. The van der Waals surface area contributed by atoms with Gasteiger partial charge in [-0.05, 0) is 25.7 Å². The molecule has 0 amide bonds. The number of hydrogen-bond donors (Lipinski definition) is 2. The minimum atomic E-state index is -4.29. The summed E-state index contributed by atoms with van der Waals surface area (Å²) in [6.07, 6.45) is -4.95. The molecule has 2 N–H and O–H groups in total. The minimum Gasteiger partial charge on any atom is -0.480 e. The van der Waals surface area contributed by atoms with Crippen LogP contribution in [-0.4, -0.2) is 37.5 Å². The van der Waals surface area contributed by atoms with Crippen molar-refractivity contribution in [3.05, 3.63) is 0 Å². The van der Waals surface area contributed by atoms with Gasteiger partial charge in [0.15, 0.2) is 0 Å². The average molecular weight is 289 g/mol. The Morgan fingerprint density at radius 3 is 2.11 bits per heavy atom. The molecule has 9 heteroatoms. The number of halogens is 3. The van der Waals surface area contributed by atoms with Crippen molar-refractivity contribution in [1.29, 1.82) is 0 Å². The van der Waals surface area contributed by atoms with E-state index in [0.717, 1.165) is 0 Å². The maximum absolute atomic E-state index is 12.4. The molecule has 1 aliphatic carbocycles. The minimum absolute atomic E-state index is 0.0981. The van der Waals surface area contributed by atoms with E-state index in [1.165, 1.54) is 0 Å². The molecule has 0 radical (unpaired) electrons. The monoisotopic (exact) mass is 289 g/mol. The molecule has 1 saturated carbocycles. The highest BCUT2D eigenvalue weighted by Crippen LogP contribution is 2.38. The van der Waals surface area contributed by atoms with Gasteiger partial charge in [0, 0.05) is 0 Å². The highest BCUT2D eigenvalue weighted by molar-refractivity contribution is 7.90. The smallest absolute Gasteiger partial charge is 0.391 e. The van der Waals surface area contributed by atoms with E-state index < -0.39 is 39.9 Å². The van der Waals surface area contributed by atoms with Crippen LogP contribution in [0, 0.1) is 5.92 Å². The van der Waals surface area contributed by atoms with Crippen molar-refractivity contribution in [3.63, 3.8) is 0 Å². The normalized spacial score (nSPS) is 25.9. The lowest BCUT2D eigenvalue weighted by Crippen LogP contribution is -2.40. The Hall–Kier alpha value is -0.830.